The van der Waals surface area contributed by atoms with E-state index in [9.17, 15) is 0 Å². The molecule has 0 saturated heterocycles. The first-order chi connectivity index (χ1) is 2.41. The Balaban J connectivity index is 0. The van der Waals surface area contributed by atoms with Gasteiger partial charge >= 0.3 is 35.4 Å². The summed E-state index contributed by atoms with van der Waals surface area (Å²) in [4.78, 5) is 3.44. The maximum atomic E-state index is 7.62. The van der Waals surface area contributed by atoms with Gasteiger partial charge in [-0.3, -0.25) is 0 Å². The Morgan fingerprint density at radius 1 is 1.17 bits per heavy atom. The van der Waals surface area contributed by atoms with E-state index in [-0.39, 0.29) is 51.4 Å². The van der Waals surface area contributed by atoms with Gasteiger partial charge in [-0.15, -0.1) is 0 Å². The van der Waals surface area contributed by atoms with Crippen molar-refractivity contribution in [3.63, 3.8) is 0 Å². The maximum Gasteiger partial charge on any atom is 0 e. The van der Waals surface area contributed by atoms with Crippen LogP contribution < -0.4 is 0 Å². The monoisotopic (exact) mass is 171 g/mol. The number of hydrogen-bond acceptors (Lipinski definition) is 2. The Hall–Kier alpha value is 1.14. The van der Waals surface area contributed by atoms with Gasteiger partial charge in [0.05, 0.1) is 0 Å². The molecule has 0 fully saturated rings. The van der Waals surface area contributed by atoms with E-state index in [2.05, 4.69) is 0 Å². The Morgan fingerprint density at radius 2 is 1.50 bits per heavy atom. The summed E-state index contributed by atoms with van der Waals surface area (Å²) >= 11 is -0.431. The summed E-state index contributed by atoms with van der Waals surface area (Å²) in [5, 5.41) is 15.2. The van der Waals surface area contributed by atoms with Crippen LogP contribution in [0.1, 0.15) is 0 Å². The first-order valence-corrected chi connectivity index (χ1v) is 2.57. The summed E-state index contributed by atoms with van der Waals surface area (Å²) in [6, 6.07) is 0. The van der Waals surface area contributed by atoms with Crippen LogP contribution in [0.2, 0.25) is 0 Å². The Bertz CT molecular complexity index is 76.7. The predicted octanol–water partition coefficient (Wildman–Crippen LogP) is -0.728. The van der Waals surface area contributed by atoms with Crippen molar-refractivity contribution in [1.82, 2.24) is 0 Å². The molecule has 0 spiro atoms. The van der Waals surface area contributed by atoms with Crippen LogP contribution >= 0.6 is 0 Å². The van der Waals surface area contributed by atoms with Gasteiger partial charge in [0.15, 0.2) is 0 Å². The Kier molecular flexibility index (Phi) is 16.1. The van der Waals surface area contributed by atoms with Crippen LogP contribution in [-0.4, -0.2) is 66.3 Å². The van der Waals surface area contributed by atoms with Crippen LogP contribution in [0.15, 0.2) is 0 Å². The molecule has 25 valence electrons. The summed E-state index contributed by atoms with van der Waals surface area (Å²) < 4.78 is 0. The summed E-state index contributed by atoms with van der Waals surface area (Å²) in [7, 11) is 0. The second-order valence-corrected chi connectivity index (χ2v) is 1.48. The van der Waals surface area contributed by atoms with E-state index in [1.165, 1.54) is 0 Å². The fraction of sp³-hybridized carbons (Fsp3) is 0. The standard InChI is InChI=1S/C2N2Se.K/c3-1-5-2-4;. The van der Waals surface area contributed by atoms with Gasteiger partial charge in [-0.2, -0.15) is 0 Å². The van der Waals surface area contributed by atoms with Crippen molar-refractivity contribution in [3.8, 4) is 9.94 Å². The van der Waals surface area contributed by atoms with Crippen LogP contribution in [0.25, 0.3) is 0 Å². The zero-order valence-electron chi connectivity index (χ0n) is 3.30. The number of nitriles is 2. The zero-order valence-corrected chi connectivity index (χ0v) is 8.14. The smallest absolute Gasteiger partial charge is 0 e. The minimum absolute atomic E-state index is 0. The third kappa shape index (κ3) is 8.93. The fourth-order valence-electron chi connectivity index (χ4n) is 0.0204. The van der Waals surface area contributed by atoms with E-state index in [0.717, 1.165) is 0 Å². The molecule has 0 rings (SSSR count). The van der Waals surface area contributed by atoms with Gasteiger partial charge in [0.25, 0.3) is 0 Å². The van der Waals surface area contributed by atoms with Gasteiger partial charge in [-0.05, 0) is 0 Å². The van der Waals surface area contributed by atoms with E-state index in [1.807, 2.05) is 0 Å². The van der Waals surface area contributed by atoms with Crippen molar-refractivity contribution in [3.05, 3.63) is 0 Å². The normalized spacial score (nSPS) is 3.67. The summed E-state index contributed by atoms with van der Waals surface area (Å²) in [6.45, 7) is 0. The number of hydrogen-bond donors (Lipinski definition) is 0. The molecule has 0 aromatic rings. The average Bonchev–Trinajstić information content (AvgIpc) is 1.41. The molecular weight excluding hydrogens is 170 g/mol. The molecule has 0 atom stereocenters. The molecule has 0 aliphatic rings. The molecule has 0 saturated carbocycles. The van der Waals surface area contributed by atoms with Gasteiger partial charge in [0.2, 0.25) is 0 Å². The van der Waals surface area contributed by atoms with E-state index in [4.69, 9.17) is 10.5 Å². The first-order valence-electron chi connectivity index (χ1n) is 0.855. The van der Waals surface area contributed by atoms with Gasteiger partial charge in [-0.1, -0.05) is 0 Å². The van der Waals surface area contributed by atoms with Crippen LogP contribution in [0.5, 0.6) is 0 Å². The summed E-state index contributed by atoms with van der Waals surface area (Å²) in [6.07, 6.45) is 0. The summed E-state index contributed by atoms with van der Waals surface area (Å²) in [5.41, 5.74) is 0. The first kappa shape index (κ1) is 10.2. The zero-order chi connectivity index (χ0) is 4.12. The van der Waals surface area contributed by atoms with Crippen molar-refractivity contribution >= 4 is 66.3 Å². The molecule has 0 N–H and O–H groups in total. The van der Waals surface area contributed by atoms with E-state index < -0.39 is 15.0 Å². The number of rotatable bonds is 0. The molecule has 0 aliphatic carbocycles. The maximum absolute atomic E-state index is 7.62. The van der Waals surface area contributed by atoms with Crippen molar-refractivity contribution in [1.29, 1.82) is 10.5 Å². The van der Waals surface area contributed by atoms with Crippen molar-refractivity contribution in [2.75, 3.05) is 0 Å². The molecule has 0 heterocycles. The Labute approximate surface area is 85.1 Å². The minimum Gasteiger partial charge on any atom is 0 e. The van der Waals surface area contributed by atoms with Crippen LogP contribution in [-0.2, 0) is 0 Å². The van der Waals surface area contributed by atoms with Gasteiger partial charge in [0, 0.05) is 51.4 Å². The van der Waals surface area contributed by atoms with Crippen LogP contribution in [0.4, 0.5) is 0 Å². The molecule has 0 bridgehead atoms. The second kappa shape index (κ2) is 9.46. The second-order valence-electron chi connectivity index (χ2n) is 0.285. The quantitative estimate of drug-likeness (QED) is 0.450. The van der Waals surface area contributed by atoms with Crippen molar-refractivity contribution < 1.29 is 0 Å². The van der Waals surface area contributed by atoms with Crippen molar-refractivity contribution in [2.45, 2.75) is 0 Å². The molecular formula is C2KN2Se. The van der Waals surface area contributed by atoms with Crippen LogP contribution in [0.3, 0.4) is 0 Å². The summed E-state index contributed by atoms with van der Waals surface area (Å²) in [5.74, 6) is 0. The van der Waals surface area contributed by atoms with Gasteiger partial charge in [0.1, 0.15) is 0 Å². The molecule has 0 aromatic heterocycles. The SMILES string of the molecule is N#C[Se]C#N.[K]. The molecule has 0 aliphatic heterocycles. The minimum atomic E-state index is -0.431. The van der Waals surface area contributed by atoms with E-state index in [0.29, 0.717) is 0 Å². The third-order valence-electron chi connectivity index (χ3n) is 0.0913. The Morgan fingerprint density at radius 3 is 1.50 bits per heavy atom. The molecule has 6 heavy (non-hydrogen) atoms. The van der Waals surface area contributed by atoms with Crippen LogP contribution in [0, 0.1) is 20.5 Å². The van der Waals surface area contributed by atoms with E-state index in [1.54, 1.807) is 9.94 Å². The average molecular weight is 170 g/mol. The van der Waals surface area contributed by atoms with Gasteiger partial charge < -0.3 is 0 Å². The molecule has 2 nitrogen and oxygen atoms in total. The molecule has 4 heteroatoms. The molecule has 0 aromatic carbocycles. The number of nitrogens with zero attached hydrogens (tertiary/aromatic N) is 2. The third-order valence-corrected chi connectivity index (χ3v) is 0.474. The van der Waals surface area contributed by atoms with E-state index >= 15 is 0 Å². The predicted molar refractivity (Wildman–Crippen MR) is 22.7 cm³/mol. The fourth-order valence-corrected chi connectivity index (χ4v) is 0.106. The van der Waals surface area contributed by atoms with Gasteiger partial charge in [-0.25, -0.2) is 0 Å². The molecule has 0 unspecified atom stereocenters. The topological polar surface area (TPSA) is 47.6 Å². The largest absolute Gasteiger partial charge is 0 e. The van der Waals surface area contributed by atoms with Crippen molar-refractivity contribution in [2.24, 2.45) is 0 Å². The molecule has 1 radical (unpaired) electrons. The molecule has 0 amide bonds.